The Labute approximate surface area is 91.3 Å². The van der Waals surface area contributed by atoms with Gasteiger partial charge in [0.25, 0.3) is 0 Å². The Balaban J connectivity index is 2.38. The largest absolute Gasteiger partial charge is 0.390 e. The molecular weight excluding hydrogens is 188 g/mol. The molecule has 0 aliphatic rings. The summed E-state index contributed by atoms with van der Waals surface area (Å²) in [5, 5.41) is 12.8. The summed E-state index contributed by atoms with van der Waals surface area (Å²) in [6, 6.07) is 9.80. The van der Waals surface area contributed by atoms with Crippen molar-refractivity contribution >= 4 is 0 Å². The van der Waals surface area contributed by atoms with Crippen LogP contribution in [-0.4, -0.2) is 30.3 Å². The molecule has 0 aromatic heterocycles. The molecule has 0 saturated heterocycles. The zero-order chi connectivity index (χ0) is 11.1. The van der Waals surface area contributed by atoms with E-state index in [0.717, 1.165) is 6.54 Å². The molecule has 0 aliphatic heterocycles. The quantitative estimate of drug-likeness (QED) is 0.639. The number of benzene rings is 1. The standard InChI is InChI=1S/C12H20N2O/c1-2-14-9-12(15)11(13)8-10-6-4-3-5-7-10/h3-7,11-12,14-15H,2,8-9,13H2,1H3/t11-,12+/m0/s1. The van der Waals surface area contributed by atoms with E-state index in [1.807, 2.05) is 37.3 Å². The maximum absolute atomic E-state index is 9.72. The predicted octanol–water partition coefficient (Wildman–Crippen LogP) is 0.527. The van der Waals surface area contributed by atoms with E-state index in [-0.39, 0.29) is 6.04 Å². The van der Waals surface area contributed by atoms with Crippen molar-refractivity contribution in [3.63, 3.8) is 0 Å². The summed E-state index contributed by atoms with van der Waals surface area (Å²) in [6.45, 7) is 3.43. The zero-order valence-electron chi connectivity index (χ0n) is 9.19. The fourth-order valence-electron chi connectivity index (χ4n) is 1.47. The van der Waals surface area contributed by atoms with Gasteiger partial charge in [-0.1, -0.05) is 37.3 Å². The van der Waals surface area contributed by atoms with Crippen molar-refractivity contribution in [2.24, 2.45) is 5.73 Å². The molecular formula is C12H20N2O. The van der Waals surface area contributed by atoms with Crippen LogP contribution in [0, 0.1) is 0 Å². The van der Waals surface area contributed by atoms with Crippen LogP contribution in [0.25, 0.3) is 0 Å². The summed E-state index contributed by atoms with van der Waals surface area (Å²) < 4.78 is 0. The van der Waals surface area contributed by atoms with Gasteiger partial charge in [-0.25, -0.2) is 0 Å². The third kappa shape index (κ3) is 4.42. The minimum absolute atomic E-state index is 0.202. The van der Waals surface area contributed by atoms with Gasteiger partial charge in [-0.3, -0.25) is 0 Å². The van der Waals surface area contributed by atoms with E-state index in [9.17, 15) is 5.11 Å². The molecule has 0 bridgehead atoms. The highest BCUT2D eigenvalue weighted by atomic mass is 16.3. The van der Waals surface area contributed by atoms with E-state index in [1.54, 1.807) is 0 Å². The topological polar surface area (TPSA) is 58.3 Å². The molecule has 1 aromatic rings. The Kier molecular flexibility index (Phi) is 5.32. The Morgan fingerprint density at radius 1 is 1.33 bits per heavy atom. The van der Waals surface area contributed by atoms with Crippen molar-refractivity contribution in [2.75, 3.05) is 13.1 Å². The normalized spacial score (nSPS) is 14.9. The SMILES string of the molecule is CCNC[C@@H](O)[C@@H](N)Cc1ccccc1. The molecule has 0 spiro atoms. The fraction of sp³-hybridized carbons (Fsp3) is 0.500. The lowest BCUT2D eigenvalue weighted by Gasteiger charge is -2.19. The van der Waals surface area contributed by atoms with Crippen LogP contribution in [0.5, 0.6) is 0 Å². The molecule has 3 nitrogen and oxygen atoms in total. The molecule has 2 atom stereocenters. The van der Waals surface area contributed by atoms with Gasteiger partial charge in [0.15, 0.2) is 0 Å². The number of nitrogens with two attached hydrogens (primary N) is 1. The van der Waals surface area contributed by atoms with Crippen LogP contribution in [0.2, 0.25) is 0 Å². The van der Waals surface area contributed by atoms with Crippen molar-refractivity contribution in [1.29, 1.82) is 0 Å². The summed E-state index contributed by atoms with van der Waals surface area (Å²) in [5.74, 6) is 0. The Morgan fingerprint density at radius 2 is 2.00 bits per heavy atom. The number of hydrogen-bond acceptors (Lipinski definition) is 3. The second kappa shape index (κ2) is 6.56. The first-order chi connectivity index (χ1) is 7.24. The van der Waals surface area contributed by atoms with Gasteiger partial charge < -0.3 is 16.2 Å². The number of aliphatic hydroxyl groups is 1. The highest BCUT2D eigenvalue weighted by Crippen LogP contribution is 2.04. The monoisotopic (exact) mass is 208 g/mol. The van der Waals surface area contributed by atoms with Crippen LogP contribution >= 0.6 is 0 Å². The van der Waals surface area contributed by atoms with Crippen molar-refractivity contribution in [2.45, 2.75) is 25.5 Å². The summed E-state index contributed by atoms with van der Waals surface area (Å²) in [4.78, 5) is 0. The molecule has 1 rings (SSSR count). The van der Waals surface area contributed by atoms with Crippen LogP contribution in [-0.2, 0) is 6.42 Å². The number of likely N-dealkylation sites (N-methyl/N-ethyl adjacent to an activating group) is 1. The third-order valence-electron chi connectivity index (χ3n) is 2.41. The molecule has 3 heteroatoms. The maximum atomic E-state index is 9.72. The van der Waals surface area contributed by atoms with Crippen LogP contribution in [0.1, 0.15) is 12.5 Å². The van der Waals surface area contributed by atoms with E-state index >= 15 is 0 Å². The van der Waals surface area contributed by atoms with Gasteiger partial charge in [-0.15, -0.1) is 0 Å². The second-order valence-corrected chi connectivity index (χ2v) is 3.73. The van der Waals surface area contributed by atoms with Crippen LogP contribution in [0.3, 0.4) is 0 Å². The third-order valence-corrected chi connectivity index (χ3v) is 2.41. The van der Waals surface area contributed by atoms with E-state index in [4.69, 9.17) is 5.73 Å². The van der Waals surface area contributed by atoms with E-state index in [1.165, 1.54) is 5.56 Å². The summed E-state index contributed by atoms with van der Waals surface area (Å²) in [7, 11) is 0. The number of nitrogens with one attached hydrogen (secondary N) is 1. The minimum Gasteiger partial charge on any atom is -0.390 e. The highest BCUT2D eigenvalue weighted by molar-refractivity contribution is 5.16. The number of hydrogen-bond donors (Lipinski definition) is 3. The Bertz CT molecular complexity index is 264. The van der Waals surface area contributed by atoms with Crippen molar-refractivity contribution in [1.82, 2.24) is 5.32 Å². The summed E-state index contributed by atoms with van der Waals surface area (Å²) >= 11 is 0. The van der Waals surface area contributed by atoms with Gasteiger partial charge in [0.05, 0.1) is 6.10 Å². The molecule has 1 aromatic carbocycles. The van der Waals surface area contributed by atoms with Crippen LogP contribution in [0.15, 0.2) is 30.3 Å². The van der Waals surface area contributed by atoms with Crippen LogP contribution < -0.4 is 11.1 Å². The average molecular weight is 208 g/mol. The molecule has 0 saturated carbocycles. The fourth-order valence-corrected chi connectivity index (χ4v) is 1.47. The molecule has 15 heavy (non-hydrogen) atoms. The van der Waals surface area contributed by atoms with Gasteiger partial charge in [0.1, 0.15) is 0 Å². The summed E-state index contributed by atoms with van der Waals surface area (Å²) in [6.07, 6.45) is 0.234. The number of aliphatic hydroxyl groups excluding tert-OH is 1. The van der Waals surface area contributed by atoms with Crippen LogP contribution in [0.4, 0.5) is 0 Å². The minimum atomic E-state index is -0.481. The lowest BCUT2D eigenvalue weighted by Crippen LogP contribution is -2.43. The zero-order valence-corrected chi connectivity index (χ0v) is 9.19. The lowest BCUT2D eigenvalue weighted by molar-refractivity contribution is 0.142. The van der Waals surface area contributed by atoms with E-state index < -0.39 is 6.10 Å². The molecule has 0 aliphatic carbocycles. The maximum Gasteiger partial charge on any atom is 0.0818 e. The smallest absolute Gasteiger partial charge is 0.0818 e. The van der Waals surface area contributed by atoms with Gasteiger partial charge >= 0.3 is 0 Å². The molecule has 0 heterocycles. The number of rotatable bonds is 6. The van der Waals surface area contributed by atoms with E-state index in [2.05, 4.69) is 5.32 Å². The summed E-state index contributed by atoms with van der Waals surface area (Å²) in [5.41, 5.74) is 7.07. The first-order valence-corrected chi connectivity index (χ1v) is 5.42. The van der Waals surface area contributed by atoms with Crippen molar-refractivity contribution < 1.29 is 5.11 Å². The van der Waals surface area contributed by atoms with Gasteiger partial charge in [-0.2, -0.15) is 0 Å². The second-order valence-electron chi connectivity index (χ2n) is 3.73. The first-order valence-electron chi connectivity index (χ1n) is 5.42. The Morgan fingerprint density at radius 3 is 2.60 bits per heavy atom. The van der Waals surface area contributed by atoms with Gasteiger partial charge in [0, 0.05) is 12.6 Å². The van der Waals surface area contributed by atoms with Crippen molar-refractivity contribution in [3.8, 4) is 0 Å². The van der Waals surface area contributed by atoms with Gasteiger partial charge in [-0.05, 0) is 18.5 Å². The van der Waals surface area contributed by atoms with Crippen molar-refractivity contribution in [3.05, 3.63) is 35.9 Å². The lowest BCUT2D eigenvalue weighted by atomic mass is 10.0. The van der Waals surface area contributed by atoms with E-state index in [0.29, 0.717) is 13.0 Å². The molecule has 0 unspecified atom stereocenters. The molecule has 0 radical (unpaired) electrons. The molecule has 4 N–H and O–H groups in total. The Hall–Kier alpha value is -0.900. The molecule has 0 amide bonds. The predicted molar refractivity (Wildman–Crippen MR) is 62.7 cm³/mol. The van der Waals surface area contributed by atoms with Gasteiger partial charge in [0.2, 0.25) is 0 Å². The first kappa shape index (κ1) is 12.2. The molecule has 84 valence electrons. The highest BCUT2D eigenvalue weighted by Gasteiger charge is 2.14. The average Bonchev–Trinajstić information content (AvgIpc) is 2.27. The molecule has 0 fully saturated rings.